The molecule has 0 aliphatic heterocycles. The van der Waals surface area contributed by atoms with Crippen LogP contribution < -0.4 is 5.32 Å². The van der Waals surface area contributed by atoms with E-state index in [1.807, 2.05) is 61.0 Å². The minimum absolute atomic E-state index is 0.0342. The lowest BCUT2D eigenvalue weighted by molar-refractivity contribution is -0.120. The van der Waals surface area contributed by atoms with E-state index in [-0.39, 0.29) is 11.8 Å². The van der Waals surface area contributed by atoms with Crippen LogP contribution in [-0.4, -0.2) is 25.3 Å². The maximum Gasteiger partial charge on any atom is 0.227 e. The number of amides is 1. The predicted octanol–water partition coefficient (Wildman–Crippen LogP) is 4.54. The van der Waals surface area contributed by atoms with Gasteiger partial charge in [0.05, 0.1) is 22.8 Å². The van der Waals surface area contributed by atoms with Crippen molar-refractivity contribution in [2.45, 2.75) is 39.5 Å². The van der Waals surface area contributed by atoms with Gasteiger partial charge in [-0.15, -0.1) is 0 Å². The van der Waals surface area contributed by atoms with Gasteiger partial charge in [0.2, 0.25) is 5.91 Å². The van der Waals surface area contributed by atoms with Crippen molar-refractivity contribution in [1.29, 1.82) is 0 Å². The monoisotopic (exact) mass is 411 g/mol. The van der Waals surface area contributed by atoms with E-state index in [1.54, 1.807) is 6.20 Å². The van der Waals surface area contributed by atoms with E-state index >= 15 is 0 Å². The molecule has 1 atom stereocenters. The van der Waals surface area contributed by atoms with Gasteiger partial charge in [0.1, 0.15) is 5.65 Å². The number of fused-ring (bicyclic) bond motifs is 2. The summed E-state index contributed by atoms with van der Waals surface area (Å²) in [5.74, 6) is 0.0429. The second-order valence-corrected chi connectivity index (χ2v) is 8.31. The summed E-state index contributed by atoms with van der Waals surface area (Å²) < 4.78 is 1.98. The smallest absolute Gasteiger partial charge is 0.227 e. The van der Waals surface area contributed by atoms with Crippen molar-refractivity contribution in [1.82, 2.24) is 19.4 Å². The highest BCUT2D eigenvalue weighted by Crippen LogP contribution is 2.27. The average molecular weight is 412 g/mol. The fourth-order valence-corrected chi connectivity index (χ4v) is 4.38. The Labute approximate surface area is 181 Å². The first-order valence-electron chi connectivity index (χ1n) is 10.7. The van der Waals surface area contributed by atoms with Crippen LogP contribution in [0, 0.1) is 19.8 Å². The zero-order valence-electron chi connectivity index (χ0n) is 17.8. The van der Waals surface area contributed by atoms with Crippen LogP contribution in [0.1, 0.15) is 35.4 Å². The molecule has 5 rings (SSSR count). The van der Waals surface area contributed by atoms with Crippen molar-refractivity contribution in [2.75, 3.05) is 5.32 Å². The molecule has 4 aromatic rings. The number of aryl methyl sites for hydroxylation is 4. The number of nitrogens with one attached hydrogen (secondary N) is 1. The molecule has 1 N–H and O–H groups in total. The summed E-state index contributed by atoms with van der Waals surface area (Å²) in [6.07, 6.45) is 8.98. The number of aromatic nitrogens is 4. The van der Waals surface area contributed by atoms with Gasteiger partial charge >= 0.3 is 0 Å². The first-order valence-corrected chi connectivity index (χ1v) is 10.7. The number of nitrogens with zero attached hydrogens (tertiary/aromatic N) is 4. The van der Waals surface area contributed by atoms with E-state index < -0.39 is 0 Å². The molecular weight excluding hydrogens is 386 g/mol. The van der Waals surface area contributed by atoms with Crippen molar-refractivity contribution < 1.29 is 4.79 Å². The molecular formula is C25H25N5O. The maximum atomic E-state index is 13.0. The van der Waals surface area contributed by atoms with Crippen molar-refractivity contribution in [3.63, 3.8) is 0 Å². The largest absolute Gasteiger partial charge is 0.325 e. The highest BCUT2D eigenvalue weighted by atomic mass is 16.1. The molecule has 6 heteroatoms. The summed E-state index contributed by atoms with van der Waals surface area (Å²) in [5, 5.41) is 3.13. The van der Waals surface area contributed by atoms with Gasteiger partial charge in [-0.05, 0) is 74.9 Å². The van der Waals surface area contributed by atoms with Gasteiger partial charge in [-0.3, -0.25) is 14.8 Å². The molecule has 0 fully saturated rings. The molecule has 0 spiro atoms. The number of rotatable bonds is 3. The zero-order valence-corrected chi connectivity index (χ0v) is 17.8. The van der Waals surface area contributed by atoms with Crippen LogP contribution in [0.15, 0.2) is 55.0 Å². The van der Waals surface area contributed by atoms with Crippen LogP contribution in [0.3, 0.4) is 0 Å². The topological polar surface area (TPSA) is 72.2 Å². The quantitative estimate of drug-likeness (QED) is 0.502. The molecule has 0 saturated carbocycles. The Morgan fingerprint density at radius 1 is 1.03 bits per heavy atom. The Kier molecular flexibility index (Phi) is 4.98. The molecule has 0 radical (unpaired) electrons. The maximum absolute atomic E-state index is 13.0. The molecule has 31 heavy (non-hydrogen) atoms. The van der Waals surface area contributed by atoms with Crippen molar-refractivity contribution in [3.05, 3.63) is 77.5 Å². The van der Waals surface area contributed by atoms with E-state index in [9.17, 15) is 4.79 Å². The molecule has 4 heterocycles. The normalized spacial score (nSPS) is 16.0. The number of carbonyl (C=O) groups excluding carboxylic acids is 1. The van der Waals surface area contributed by atoms with Crippen molar-refractivity contribution in [2.24, 2.45) is 5.92 Å². The minimum atomic E-state index is -0.0342. The number of imidazole rings is 1. The zero-order chi connectivity index (χ0) is 21.4. The van der Waals surface area contributed by atoms with E-state index in [0.29, 0.717) is 0 Å². The standard InChI is InChI=1S/C25H25N5O/c1-16-13-20(15-30-14-17(2)27-24(16)30)28-25(31)19-7-6-18-8-11-23(29-21(18)10-9-19)22-5-3-4-12-26-22/h3-5,8,11-15,19H,6-7,9-10H2,1-2H3,(H,28,31). The molecule has 1 unspecified atom stereocenters. The highest BCUT2D eigenvalue weighted by molar-refractivity contribution is 5.92. The van der Waals surface area contributed by atoms with Crippen LogP contribution in [0.5, 0.6) is 0 Å². The first-order chi connectivity index (χ1) is 15.1. The summed E-state index contributed by atoms with van der Waals surface area (Å²) in [6, 6.07) is 12.0. The van der Waals surface area contributed by atoms with Gasteiger partial charge in [0, 0.05) is 30.2 Å². The summed E-state index contributed by atoms with van der Waals surface area (Å²) in [4.78, 5) is 26.8. The third kappa shape index (κ3) is 3.93. The highest BCUT2D eigenvalue weighted by Gasteiger charge is 2.24. The fraction of sp³-hybridized carbons (Fsp3) is 0.280. The second-order valence-electron chi connectivity index (χ2n) is 8.31. The van der Waals surface area contributed by atoms with E-state index in [1.165, 1.54) is 5.56 Å². The Bertz CT molecular complexity index is 1260. The Morgan fingerprint density at radius 3 is 2.74 bits per heavy atom. The molecule has 6 nitrogen and oxygen atoms in total. The first kappa shape index (κ1) is 19.4. The fourth-order valence-electron chi connectivity index (χ4n) is 4.38. The van der Waals surface area contributed by atoms with E-state index in [0.717, 1.165) is 65.4 Å². The lowest BCUT2D eigenvalue weighted by Crippen LogP contribution is -2.23. The van der Waals surface area contributed by atoms with Gasteiger partial charge < -0.3 is 9.72 Å². The van der Waals surface area contributed by atoms with E-state index in [2.05, 4.69) is 21.4 Å². The van der Waals surface area contributed by atoms with Crippen LogP contribution in [0.2, 0.25) is 0 Å². The average Bonchev–Trinajstić information content (AvgIpc) is 3.02. The van der Waals surface area contributed by atoms with Crippen LogP contribution in [0.25, 0.3) is 17.0 Å². The third-order valence-corrected chi connectivity index (χ3v) is 5.98. The number of pyridine rings is 3. The Balaban J connectivity index is 1.31. The number of hydrogen-bond donors (Lipinski definition) is 1. The van der Waals surface area contributed by atoms with Gasteiger partial charge in [-0.1, -0.05) is 12.1 Å². The number of carbonyl (C=O) groups is 1. The molecule has 1 amide bonds. The number of anilines is 1. The van der Waals surface area contributed by atoms with Crippen LogP contribution in [-0.2, 0) is 17.6 Å². The Hall–Kier alpha value is -3.54. The molecule has 1 aliphatic carbocycles. The number of hydrogen-bond acceptors (Lipinski definition) is 4. The molecule has 0 saturated heterocycles. The molecule has 4 aromatic heterocycles. The molecule has 0 bridgehead atoms. The third-order valence-electron chi connectivity index (χ3n) is 5.98. The summed E-state index contributed by atoms with van der Waals surface area (Å²) in [5.41, 5.74) is 7.84. The predicted molar refractivity (Wildman–Crippen MR) is 121 cm³/mol. The van der Waals surface area contributed by atoms with E-state index in [4.69, 9.17) is 4.98 Å². The van der Waals surface area contributed by atoms with Crippen molar-refractivity contribution >= 4 is 17.2 Å². The second kappa shape index (κ2) is 7.95. The van der Waals surface area contributed by atoms with Gasteiger partial charge in [-0.25, -0.2) is 4.98 Å². The SMILES string of the molecule is Cc1cn2cc(NC(=O)C3CCc4ccc(-c5ccccn5)nc4CC3)cc(C)c2n1. The van der Waals surface area contributed by atoms with Gasteiger partial charge in [0.25, 0.3) is 0 Å². The minimum Gasteiger partial charge on any atom is -0.325 e. The van der Waals surface area contributed by atoms with Crippen LogP contribution in [0.4, 0.5) is 5.69 Å². The molecule has 1 aliphatic rings. The summed E-state index contributed by atoms with van der Waals surface area (Å²) >= 11 is 0. The lowest BCUT2D eigenvalue weighted by atomic mass is 9.98. The molecule has 0 aromatic carbocycles. The van der Waals surface area contributed by atoms with Gasteiger partial charge in [-0.2, -0.15) is 0 Å². The summed E-state index contributed by atoms with van der Waals surface area (Å²) in [7, 11) is 0. The van der Waals surface area contributed by atoms with Crippen molar-refractivity contribution in [3.8, 4) is 11.4 Å². The van der Waals surface area contributed by atoms with Crippen LogP contribution >= 0.6 is 0 Å². The van der Waals surface area contributed by atoms with Gasteiger partial charge in [0.15, 0.2) is 0 Å². The summed E-state index contributed by atoms with van der Waals surface area (Å²) in [6.45, 7) is 3.99. The lowest BCUT2D eigenvalue weighted by Gasteiger charge is -2.14. The Morgan fingerprint density at radius 2 is 1.90 bits per heavy atom. The molecule has 156 valence electrons.